The van der Waals surface area contributed by atoms with Gasteiger partial charge in [-0.3, -0.25) is 4.79 Å². The Morgan fingerprint density at radius 3 is 2.00 bits per heavy atom. The van der Waals surface area contributed by atoms with Crippen LogP contribution in [0.2, 0.25) is 0 Å². The first-order valence-corrected chi connectivity index (χ1v) is 6.60. The second-order valence-electron chi connectivity index (χ2n) is 4.57. The van der Waals surface area contributed by atoms with Crippen LogP contribution in [-0.4, -0.2) is 12.0 Å². The number of benzene rings is 2. The van der Waals surface area contributed by atoms with Gasteiger partial charge in [-0.15, -0.1) is 0 Å². The van der Waals surface area contributed by atoms with Gasteiger partial charge in [-0.1, -0.05) is 0 Å². The highest BCUT2D eigenvalue weighted by Crippen LogP contribution is 2.15. The molecule has 0 spiro atoms. The van der Waals surface area contributed by atoms with Crippen molar-refractivity contribution in [2.75, 3.05) is 5.32 Å². The van der Waals surface area contributed by atoms with E-state index in [2.05, 4.69) is 5.32 Å². The van der Waals surface area contributed by atoms with Crippen LogP contribution < -0.4 is 10.1 Å². The molecule has 5 heteroatoms. The molecule has 1 N–H and O–H groups in total. The van der Waals surface area contributed by atoms with Gasteiger partial charge in [0.2, 0.25) is 0 Å². The average Bonchev–Trinajstić information content (AvgIpc) is 2.56. The standard InChI is InChI=1S/C17H13N3O2/c1-12(22-16-8-4-14(11-19)5-9-16)17(21)20-15-6-2-13(10-18)3-7-15/h2-9,12H,1H3,(H,20,21)/t12-/m0/s1. The van der Waals surface area contributed by atoms with Gasteiger partial charge < -0.3 is 10.1 Å². The molecule has 0 saturated heterocycles. The Labute approximate surface area is 128 Å². The van der Waals surface area contributed by atoms with Crippen LogP contribution in [0.3, 0.4) is 0 Å². The van der Waals surface area contributed by atoms with Crippen molar-refractivity contribution >= 4 is 11.6 Å². The van der Waals surface area contributed by atoms with Crippen LogP contribution in [0.15, 0.2) is 48.5 Å². The van der Waals surface area contributed by atoms with Crippen molar-refractivity contribution in [1.29, 1.82) is 10.5 Å². The van der Waals surface area contributed by atoms with Gasteiger partial charge >= 0.3 is 0 Å². The molecule has 0 fully saturated rings. The van der Waals surface area contributed by atoms with Crippen LogP contribution in [0, 0.1) is 22.7 Å². The number of nitriles is 2. The van der Waals surface area contributed by atoms with E-state index in [1.54, 1.807) is 55.5 Å². The van der Waals surface area contributed by atoms with Crippen LogP contribution in [-0.2, 0) is 4.79 Å². The molecule has 108 valence electrons. The van der Waals surface area contributed by atoms with E-state index >= 15 is 0 Å². The minimum Gasteiger partial charge on any atom is -0.481 e. The topological polar surface area (TPSA) is 85.9 Å². The third-order valence-electron chi connectivity index (χ3n) is 2.95. The summed E-state index contributed by atoms with van der Waals surface area (Å²) in [5.41, 5.74) is 1.65. The zero-order valence-corrected chi connectivity index (χ0v) is 11.9. The Kier molecular flexibility index (Phi) is 4.74. The maximum atomic E-state index is 12.0. The quantitative estimate of drug-likeness (QED) is 0.938. The number of ether oxygens (including phenoxy) is 1. The number of rotatable bonds is 4. The number of nitrogens with one attached hydrogen (secondary N) is 1. The van der Waals surface area contributed by atoms with E-state index in [1.165, 1.54) is 0 Å². The molecule has 0 aromatic heterocycles. The fourth-order valence-electron chi connectivity index (χ4n) is 1.74. The van der Waals surface area contributed by atoms with Gasteiger partial charge in [-0.05, 0) is 55.5 Å². The summed E-state index contributed by atoms with van der Waals surface area (Å²) in [6, 6.07) is 17.1. The fraction of sp³-hybridized carbons (Fsp3) is 0.118. The molecule has 0 radical (unpaired) electrons. The van der Waals surface area contributed by atoms with Crippen molar-refractivity contribution in [3.05, 3.63) is 59.7 Å². The third kappa shape index (κ3) is 3.84. The smallest absolute Gasteiger partial charge is 0.265 e. The summed E-state index contributed by atoms with van der Waals surface area (Å²) in [6.07, 6.45) is -0.691. The molecule has 1 atom stereocenters. The summed E-state index contributed by atoms with van der Waals surface area (Å²) >= 11 is 0. The molecule has 0 unspecified atom stereocenters. The zero-order valence-electron chi connectivity index (χ0n) is 11.9. The largest absolute Gasteiger partial charge is 0.481 e. The highest BCUT2D eigenvalue weighted by molar-refractivity contribution is 5.94. The lowest BCUT2D eigenvalue weighted by atomic mass is 10.2. The van der Waals surface area contributed by atoms with Crippen LogP contribution in [0.5, 0.6) is 5.75 Å². The molecule has 2 rings (SSSR count). The van der Waals surface area contributed by atoms with Gasteiger partial charge in [0.05, 0.1) is 23.3 Å². The molecule has 0 aliphatic heterocycles. The zero-order chi connectivity index (χ0) is 15.9. The molecular weight excluding hydrogens is 278 g/mol. The lowest BCUT2D eigenvalue weighted by molar-refractivity contribution is -0.122. The third-order valence-corrected chi connectivity index (χ3v) is 2.95. The van der Waals surface area contributed by atoms with Crippen LogP contribution >= 0.6 is 0 Å². The van der Waals surface area contributed by atoms with Gasteiger partial charge in [0.1, 0.15) is 5.75 Å². The highest BCUT2D eigenvalue weighted by Gasteiger charge is 2.14. The number of carbonyl (C=O) groups is 1. The van der Waals surface area contributed by atoms with Crippen molar-refractivity contribution in [3.63, 3.8) is 0 Å². The van der Waals surface area contributed by atoms with Crippen LogP contribution in [0.25, 0.3) is 0 Å². The number of amides is 1. The van der Waals surface area contributed by atoms with Crippen molar-refractivity contribution in [3.8, 4) is 17.9 Å². The predicted molar refractivity (Wildman–Crippen MR) is 81.0 cm³/mol. The first kappa shape index (κ1) is 15.1. The van der Waals surface area contributed by atoms with Crippen LogP contribution in [0.1, 0.15) is 18.1 Å². The maximum absolute atomic E-state index is 12.0. The van der Waals surface area contributed by atoms with Crippen molar-refractivity contribution < 1.29 is 9.53 Å². The Balaban J connectivity index is 1.96. The van der Waals surface area contributed by atoms with Gasteiger partial charge in [-0.25, -0.2) is 0 Å². The lowest BCUT2D eigenvalue weighted by Gasteiger charge is -2.14. The molecule has 0 aliphatic rings. The Morgan fingerprint density at radius 1 is 1.00 bits per heavy atom. The van der Waals surface area contributed by atoms with E-state index in [9.17, 15) is 4.79 Å². The second-order valence-corrected chi connectivity index (χ2v) is 4.57. The highest BCUT2D eigenvalue weighted by atomic mass is 16.5. The van der Waals surface area contributed by atoms with Crippen molar-refractivity contribution in [2.45, 2.75) is 13.0 Å². The van der Waals surface area contributed by atoms with E-state index in [-0.39, 0.29) is 5.91 Å². The number of hydrogen-bond donors (Lipinski definition) is 1. The molecule has 1 amide bonds. The summed E-state index contributed by atoms with van der Waals surface area (Å²) in [5, 5.41) is 20.2. The van der Waals surface area contributed by atoms with E-state index in [4.69, 9.17) is 15.3 Å². The molecule has 2 aromatic rings. The molecule has 5 nitrogen and oxygen atoms in total. The normalized spacial score (nSPS) is 10.9. The molecule has 0 bridgehead atoms. The van der Waals surface area contributed by atoms with E-state index in [1.807, 2.05) is 12.1 Å². The SMILES string of the molecule is C[C@H](Oc1ccc(C#N)cc1)C(=O)Nc1ccc(C#N)cc1. The summed E-state index contributed by atoms with van der Waals surface area (Å²) < 4.78 is 5.52. The first-order chi connectivity index (χ1) is 10.6. The molecule has 0 heterocycles. The fourth-order valence-corrected chi connectivity index (χ4v) is 1.74. The minimum absolute atomic E-state index is 0.297. The number of anilines is 1. The Hall–Kier alpha value is -3.31. The summed E-state index contributed by atoms with van der Waals surface area (Å²) in [4.78, 5) is 12.0. The van der Waals surface area contributed by atoms with Gasteiger partial charge in [-0.2, -0.15) is 10.5 Å². The molecular formula is C17H13N3O2. The lowest BCUT2D eigenvalue weighted by Crippen LogP contribution is -2.30. The summed E-state index contributed by atoms with van der Waals surface area (Å²) in [6.45, 7) is 1.64. The molecule has 2 aromatic carbocycles. The first-order valence-electron chi connectivity index (χ1n) is 6.60. The monoisotopic (exact) mass is 291 g/mol. The second kappa shape index (κ2) is 6.92. The Morgan fingerprint density at radius 2 is 1.50 bits per heavy atom. The molecule has 0 saturated carbocycles. The number of nitrogens with zero attached hydrogens (tertiary/aromatic N) is 2. The average molecular weight is 291 g/mol. The number of carbonyl (C=O) groups excluding carboxylic acids is 1. The van der Waals surface area contributed by atoms with E-state index in [0.29, 0.717) is 22.6 Å². The summed E-state index contributed by atoms with van der Waals surface area (Å²) in [7, 11) is 0. The van der Waals surface area contributed by atoms with Gasteiger partial charge in [0.25, 0.3) is 5.91 Å². The van der Waals surface area contributed by atoms with E-state index < -0.39 is 6.10 Å². The van der Waals surface area contributed by atoms with Crippen LogP contribution in [0.4, 0.5) is 5.69 Å². The van der Waals surface area contributed by atoms with E-state index in [0.717, 1.165) is 0 Å². The molecule has 22 heavy (non-hydrogen) atoms. The predicted octanol–water partition coefficient (Wildman–Crippen LogP) is 2.84. The minimum atomic E-state index is -0.691. The molecule has 0 aliphatic carbocycles. The maximum Gasteiger partial charge on any atom is 0.265 e. The summed E-state index contributed by atoms with van der Waals surface area (Å²) in [5.74, 6) is 0.218. The number of hydrogen-bond acceptors (Lipinski definition) is 4. The van der Waals surface area contributed by atoms with Gasteiger partial charge in [0.15, 0.2) is 6.10 Å². The van der Waals surface area contributed by atoms with Crippen molar-refractivity contribution in [2.24, 2.45) is 0 Å². The van der Waals surface area contributed by atoms with Gasteiger partial charge in [0, 0.05) is 5.69 Å². The Bertz CT molecular complexity index is 737. The van der Waals surface area contributed by atoms with Crippen molar-refractivity contribution in [1.82, 2.24) is 0 Å².